The van der Waals surface area contributed by atoms with Crippen molar-refractivity contribution in [2.24, 2.45) is 0 Å². The summed E-state index contributed by atoms with van der Waals surface area (Å²) >= 11 is 0. The second-order valence-electron chi connectivity index (χ2n) is 7.69. The molecular formula is C20H25NO4S. The van der Waals surface area contributed by atoms with Crippen LogP contribution in [0.4, 0.5) is 0 Å². The van der Waals surface area contributed by atoms with Crippen molar-refractivity contribution in [2.45, 2.75) is 50.2 Å². The van der Waals surface area contributed by atoms with Gasteiger partial charge in [-0.2, -0.15) is 0 Å². The van der Waals surface area contributed by atoms with Crippen LogP contribution >= 0.6 is 0 Å². The molecule has 2 aromatic rings. The zero-order chi connectivity index (χ0) is 19.1. The van der Waals surface area contributed by atoms with Crippen LogP contribution in [0.25, 0.3) is 0 Å². The summed E-state index contributed by atoms with van der Waals surface area (Å²) in [4.78, 5) is 2.72. The molecule has 140 valence electrons. The van der Waals surface area contributed by atoms with Gasteiger partial charge >= 0.3 is 0 Å². The molecule has 1 heterocycles. The number of rotatable bonds is 5. The Morgan fingerprint density at radius 1 is 1.00 bits per heavy atom. The molecule has 6 heteroatoms. The summed E-state index contributed by atoms with van der Waals surface area (Å²) in [5.41, 5.74) is 3.14. The van der Waals surface area contributed by atoms with Crippen molar-refractivity contribution < 1.29 is 18.6 Å². The number of aromatic hydroxyl groups is 2. The summed E-state index contributed by atoms with van der Waals surface area (Å²) in [6.45, 7) is 5.88. The van der Waals surface area contributed by atoms with Crippen LogP contribution in [0.15, 0.2) is 41.3 Å². The number of hydrogen-bond acceptors (Lipinski definition) is 5. The topological polar surface area (TPSA) is 77.8 Å². The van der Waals surface area contributed by atoms with E-state index in [0.717, 1.165) is 37.1 Å². The van der Waals surface area contributed by atoms with E-state index in [9.17, 15) is 18.6 Å². The van der Waals surface area contributed by atoms with Crippen LogP contribution in [0.3, 0.4) is 0 Å². The Balaban J connectivity index is 1.71. The van der Waals surface area contributed by atoms with Crippen molar-refractivity contribution in [3.8, 4) is 11.5 Å². The standard InChI is InChI=1S/C20H25NO4S/c1-20(2,9-8-14-4-7-18(22)19(23)10-14)21-12-15-5-6-17(26(3,24)25)11-16(15)13-21/h4-7,10-11,22-23H,8-9,12-13H2,1-3H3. The summed E-state index contributed by atoms with van der Waals surface area (Å²) in [6.07, 6.45) is 2.89. The van der Waals surface area contributed by atoms with Crippen LogP contribution in [0.1, 0.15) is 37.0 Å². The van der Waals surface area contributed by atoms with Gasteiger partial charge in [-0.3, -0.25) is 4.90 Å². The molecule has 2 aromatic carbocycles. The third kappa shape index (κ3) is 3.86. The molecule has 26 heavy (non-hydrogen) atoms. The van der Waals surface area contributed by atoms with Crippen molar-refractivity contribution in [1.82, 2.24) is 4.90 Å². The highest BCUT2D eigenvalue weighted by Gasteiger charge is 2.32. The number of phenolic OH excluding ortho intramolecular Hbond substituents is 2. The summed E-state index contributed by atoms with van der Waals surface area (Å²) in [5, 5.41) is 19.1. The first-order valence-electron chi connectivity index (χ1n) is 8.64. The van der Waals surface area contributed by atoms with E-state index in [1.54, 1.807) is 18.2 Å². The highest BCUT2D eigenvalue weighted by Crippen LogP contribution is 2.34. The van der Waals surface area contributed by atoms with Crippen LogP contribution in [0.2, 0.25) is 0 Å². The Hall–Kier alpha value is -2.05. The van der Waals surface area contributed by atoms with E-state index in [1.165, 1.54) is 17.9 Å². The lowest BCUT2D eigenvalue weighted by atomic mass is 9.93. The second-order valence-corrected chi connectivity index (χ2v) is 9.71. The predicted octanol–water partition coefficient (Wildman–Crippen LogP) is 3.23. The van der Waals surface area contributed by atoms with Crippen LogP contribution < -0.4 is 0 Å². The van der Waals surface area contributed by atoms with Crippen molar-refractivity contribution in [1.29, 1.82) is 0 Å². The maximum Gasteiger partial charge on any atom is 0.175 e. The van der Waals surface area contributed by atoms with Gasteiger partial charge in [0.25, 0.3) is 0 Å². The number of fused-ring (bicyclic) bond motifs is 1. The van der Waals surface area contributed by atoms with Gasteiger partial charge in [-0.1, -0.05) is 12.1 Å². The van der Waals surface area contributed by atoms with Gasteiger partial charge in [-0.25, -0.2) is 8.42 Å². The Morgan fingerprint density at radius 2 is 1.69 bits per heavy atom. The fourth-order valence-electron chi connectivity index (χ4n) is 3.36. The molecular weight excluding hydrogens is 350 g/mol. The molecule has 2 N–H and O–H groups in total. The maximum atomic E-state index is 11.8. The summed E-state index contributed by atoms with van der Waals surface area (Å²) in [5.74, 6) is -0.202. The highest BCUT2D eigenvalue weighted by molar-refractivity contribution is 7.90. The summed E-state index contributed by atoms with van der Waals surface area (Å²) in [7, 11) is -3.19. The first-order valence-corrected chi connectivity index (χ1v) is 10.5. The predicted molar refractivity (Wildman–Crippen MR) is 101 cm³/mol. The fourth-order valence-corrected chi connectivity index (χ4v) is 4.03. The van der Waals surface area contributed by atoms with Gasteiger partial charge in [0.05, 0.1) is 4.90 Å². The normalized spacial score (nSPS) is 15.2. The van der Waals surface area contributed by atoms with E-state index >= 15 is 0 Å². The maximum absolute atomic E-state index is 11.8. The first-order chi connectivity index (χ1) is 12.1. The molecule has 0 unspecified atom stereocenters. The lowest BCUT2D eigenvalue weighted by molar-refractivity contribution is 0.109. The molecule has 0 amide bonds. The summed E-state index contributed by atoms with van der Waals surface area (Å²) in [6, 6.07) is 10.3. The lowest BCUT2D eigenvalue weighted by Crippen LogP contribution is -2.40. The minimum absolute atomic E-state index is 0.0855. The van der Waals surface area contributed by atoms with Crippen LogP contribution in [0.5, 0.6) is 11.5 Å². The largest absolute Gasteiger partial charge is 0.504 e. The van der Waals surface area contributed by atoms with E-state index in [-0.39, 0.29) is 17.0 Å². The zero-order valence-corrected chi connectivity index (χ0v) is 16.2. The molecule has 0 atom stereocenters. The molecule has 0 fully saturated rings. The van der Waals surface area contributed by atoms with Gasteiger partial charge in [-0.15, -0.1) is 0 Å². The monoisotopic (exact) mass is 375 g/mol. The van der Waals surface area contributed by atoms with Gasteiger partial charge < -0.3 is 10.2 Å². The highest BCUT2D eigenvalue weighted by atomic mass is 32.2. The first kappa shape index (κ1) is 18.7. The molecule has 0 saturated carbocycles. The molecule has 5 nitrogen and oxygen atoms in total. The van der Waals surface area contributed by atoms with Gasteiger partial charge in [-0.05, 0) is 67.6 Å². The minimum Gasteiger partial charge on any atom is -0.504 e. The van der Waals surface area contributed by atoms with E-state index in [0.29, 0.717) is 4.90 Å². The molecule has 1 aliphatic rings. The molecule has 0 radical (unpaired) electrons. The van der Waals surface area contributed by atoms with Crippen LogP contribution in [0, 0.1) is 0 Å². The average molecular weight is 375 g/mol. The Labute approximate surface area is 154 Å². The molecule has 0 spiro atoms. The number of benzene rings is 2. The Morgan fingerprint density at radius 3 is 2.35 bits per heavy atom. The van der Waals surface area contributed by atoms with Crippen LogP contribution in [-0.2, 0) is 29.3 Å². The van der Waals surface area contributed by atoms with Crippen molar-refractivity contribution >= 4 is 9.84 Å². The van der Waals surface area contributed by atoms with Crippen molar-refractivity contribution in [2.75, 3.05) is 6.26 Å². The SMILES string of the molecule is CC(C)(CCc1ccc(O)c(O)c1)N1Cc2ccc(S(C)(=O)=O)cc2C1. The smallest absolute Gasteiger partial charge is 0.175 e. The average Bonchev–Trinajstić information content (AvgIpc) is 2.99. The molecule has 1 aliphatic heterocycles. The van der Waals surface area contributed by atoms with E-state index in [2.05, 4.69) is 18.7 Å². The van der Waals surface area contributed by atoms with E-state index in [4.69, 9.17) is 0 Å². The molecule has 0 bridgehead atoms. The molecule has 0 aliphatic carbocycles. The van der Waals surface area contributed by atoms with Crippen molar-refractivity contribution in [3.63, 3.8) is 0 Å². The Kier molecular flexibility index (Phi) is 4.75. The number of hydrogen-bond donors (Lipinski definition) is 2. The third-order valence-corrected chi connectivity index (χ3v) is 6.36. The lowest BCUT2D eigenvalue weighted by Gasteiger charge is -2.35. The fraction of sp³-hybridized carbons (Fsp3) is 0.400. The number of phenols is 2. The third-order valence-electron chi connectivity index (χ3n) is 5.25. The second kappa shape index (κ2) is 6.59. The zero-order valence-electron chi connectivity index (χ0n) is 15.4. The number of aryl methyl sites for hydroxylation is 1. The summed E-state index contributed by atoms with van der Waals surface area (Å²) < 4.78 is 23.5. The number of nitrogens with zero attached hydrogens (tertiary/aromatic N) is 1. The van der Waals surface area contributed by atoms with Gasteiger partial charge in [0.2, 0.25) is 0 Å². The quantitative estimate of drug-likeness (QED) is 0.785. The van der Waals surface area contributed by atoms with Crippen LogP contribution in [-0.4, -0.2) is 35.3 Å². The molecule has 0 aromatic heterocycles. The molecule has 3 rings (SSSR count). The van der Waals surface area contributed by atoms with E-state index in [1.807, 2.05) is 12.1 Å². The minimum atomic E-state index is -3.19. The van der Waals surface area contributed by atoms with Gasteiger partial charge in [0.1, 0.15) is 0 Å². The van der Waals surface area contributed by atoms with Gasteiger partial charge in [0.15, 0.2) is 21.3 Å². The number of sulfone groups is 1. The van der Waals surface area contributed by atoms with E-state index < -0.39 is 9.84 Å². The molecule has 0 saturated heterocycles. The Bertz CT molecular complexity index is 935. The van der Waals surface area contributed by atoms with Gasteiger partial charge in [0, 0.05) is 24.9 Å². The van der Waals surface area contributed by atoms with Crippen molar-refractivity contribution in [3.05, 3.63) is 53.1 Å².